The van der Waals surface area contributed by atoms with Gasteiger partial charge in [0.15, 0.2) is 0 Å². The molecule has 1 fully saturated rings. The van der Waals surface area contributed by atoms with E-state index in [0.29, 0.717) is 25.3 Å². The third-order valence-corrected chi connectivity index (χ3v) is 7.58. The molecule has 39 heavy (non-hydrogen) atoms. The number of amides is 1. The van der Waals surface area contributed by atoms with E-state index in [0.717, 1.165) is 51.7 Å². The highest BCUT2D eigenvalue weighted by molar-refractivity contribution is 6.14. The van der Waals surface area contributed by atoms with Gasteiger partial charge in [0.05, 0.1) is 17.3 Å². The fraction of sp³-hybridized carbons (Fsp3) is 0.273. The van der Waals surface area contributed by atoms with Crippen LogP contribution in [0.2, 0.25) is 0 Å². The number of hydrogen-bond acceptors (Lipinski definition) is 4. The quantitative estimate of drug-likeness (QED) is 0.252. The van der Waals surface area contributed by atoms with Gasteiger partial charge in [-0.1, -0.05) is 55.0 Å². The lowest BCUT2D eigenvalue weighted by molar-refractivity contribution is 0.0950. The topological polar surface area (TPSA) is 82.2 Å². The Hall–Kier alpha value is -4.16. The van der Waals surface area contributed by atoms with Crippen LogP contribution in [0.15, 0.2) is 84.9 Å². The van der Waals surface area contributed by atoms with Gasteiger partial charge >= 0.3 is 0 Å². The molecule has 0 unspecified atom stereocenters. The number of carbonyl (C=O) groups is 1. The summed E-state index contributed by atoms with van der Waals surface area (Å²) in [4.78, 5) is 18.0. The number of pyridine rings is 1. The summed E-state index contributed by atoms with van der Waals surface area (Å²) in [5.41, 5.74) is 11.1. The number of aromatic nitrogens is 2. The molecule has 2 aromatic heterocycles. The summed E-state index contributed by atoms with van der Waals surface area (Å²) in [7, 11) is 0. The molecule has 3 N–H and O–H groups in total. The van der Waals surface area contributed by atoms with Gasteiger partial charge in [0, 0.05) is 41.5 Å². The number of fused-ring (bicyclic) bond motifs is 3. The molecule has 1 saturated carbocycles. The van der Waals surface area contributed by atoms with Gasteiger partial charge in [-0.25, -0.2) is 4.98 Å². The maximum absolute atomic E-state index is 13.1. The van der Waals surface area contributed by atoms with E-state index in [9.17, 15) is 4.79 Å². The van der Waals surface area contributed by atoms with Crippen LogP contribution in [-0.2, 0) is 6.54 Å². The van der Waals surface area contributed by atoms with E-state index in [4.69, 9.17) is 15.5 Å². The van der Waals surface area contributed by atoms with Crippen LogP contribution in [0.3, 0.4) is 0 Å². The SMILES string of the molecule is NCCNC(=O)c1cc2c3ccccc3n(Cc3ccccc3)c2c(-c2ccc(OC3CCCCC3)cc2)n1. The number of rotatable bonds is 8. The second-order valence-electron chi connectivity index (χ2n) is 10.3. The van der Waals surface area contributed by atoms with Crippen LogP contribution in [0.5, 0.6) is 5.75 Å². The first-order chi connectivity index (χ1) is 19.2. The van der Waals surface area contributed by atoms with E-state index < -0.39 is 0 Å². The second kappa shape index (κ2) is 11.3. The molecular formula is C33H34N4O2. The predicted octanol–water partition coefficient (Wildman–Crippen LogP) is 6.30. The first-order valence-corrected chi connectivity index (χ1v) is 13.9. The van der Waals surface area contributed by atoms with Gasteiger partial charge in [-0.2, -0.15) is 0 Å². The summed E-state index contributed by atoms with van der Waals surface area (Å²) in [6.07, 6.45) is 6.28. The Bertz CT molecular complexity index is 1590. The zero-order valence-corrected chi connectivity index (χ0v) is 22.1. The molecule has 0 radical (unpaired) electrons. The van der Waals surface area contributed by atoms with Crippen LogP contribution >= 0.6 is 0 Å². The fourth-order valence-electron chi connectivity index (χ4n) is 5.66. The molecule has 0 spiro atoms. The van der Waals surface area contributed by atoms with Gasteiger partial charge in [-0.05, 0) is 67.6 Å². The third kappa shape index (κ3) is 5.25. The van der Waals surface area contributed by atoms with Crippen molar-refractivity contribution in [3.05, 3.63) is 96.2 Å². The first kappa shape index (κ1) is 25.1. The minimum atomic E-state index is -0.222. The van der Waals surface area contributed by atoms with Crippen molar-refractivity contribution in [1.29, 1.82) is 0 Å². The predicted molar refractivity (Wildman–Crippen MR) is 157 cm³/mol. The van der Waals surface area contributed by atoms with E-state index in [2.05, 4.69) is 64.5 Å². The lowest BCUT2D eigenvalue weighted by Crippen LogP contribution is -2.29. The van der Waals surface area contributed by atoms with E-state index >= 15 is 0 Å². The van der Waals surface area contributed by atoms with Gasteiger partial charge in [-0.3, -0.25) is 4.79 Å². The molecule has 2 heterocycles. The van der Waals surface area contributed by atoms with Crippen LogP contribution in [-0.4, -0.2) is 34.7 Å². The highest BCUT2D eigenvalue weighted by Gasteiger charge is 2.21. The maximum atomic E-state index is 13.1. The largest absolute Gasteiger partial charge is 0.490 e. The van der Waals surface area contributed by atoms with Crippen molar-refractivity contribution in [3.63, 3.8) is 0 Å². The number of hydrogen-bond donors (Lipinski definition) is 2. The molecule has 6 rings (SSSR count). The maximum Gasteiger partial charge on any atom is 0.269 e. The summed E-state index contributed by atoms with van der Waals surface area (Å²) >= 11 is 0. The van der Waals surface area contributed by atoms with Crippen molar-refractivity contribution in [2.24, 2.45) is 5.73 Å². The Labute approximate surface area is 228 Å². The van der Waals surface area contributed by atoms with Gasteiger partial charge < -0.3 is 20.4 Å². The molecule has 5 aromatic rings. The standard InChI is InChI=1S/C33H34N4O2/c34-19-20-35-33(38)29-21-28-27-13-7-8-14-30(27)37(22-23-9-3-1-4-10-23)32(28)31(36-29)24-15-17-26(18-16-24)39-25-11-5-2-6-12-25/h1,3-4,7-10,13-18,21,25H,2,5-6,11-12,19-20,22,34H2,(H,35,38). The molecular weight excluding hydrogens is 484 g/mol. The number of carbonyl (C=O) groups excluding carboxylic acids is 1. The second-order valence-corrected chi connectivity index (χ2v) is 10.3. The average molecular weight is 519 g/mol. The molecule has 198 valence electrons. The van der Waals surface area contributed by atoms with Gasteiger partial charge in [-0.15, -0.1) is 0 Å². The summed E-state index contributed by atoms with van der Waals surface area (Å²) in [6.45, 7) is 1.47. The molecule has 1 aliphatic rings. The number of nitrogens with one attached hydrogen (secondary N) is 1. The number of benzene rings is 3. The van der Waals surface area contributed by atoms with Crippen molar-refractivity contribution < 1.29 is 9.53 Å². The van der Waals surface area contributed by atoms with E-state index in [1.807, 2.05) is 30.3 Å². The Morgan fingerprint density at radius 2 is 1.67 bits per heavy atom. The molecule has 1 aliphatic carbocycles. The van der Waals surface area contributed by atoms with Crippen molar-refractivity contribution in [2.45, 2.75) is 44.8 Å². The zero-order chi connectivity index (χ0) is 26.6. The average Bonchev–Trinajstić information content (AvgIpc) is 3.30. The normalized spacial score (nSPS) is 14.1. The molecule has 3 aromatic carbocycles. The number of para-hydroxylation sites is 1. The van der Waals surface area contributed by atoms with Crippen molar-refractivity contribution in [3.8, 4) is 17.0 Å². The van der Waals surface area contributed by atoms with Crippen LogP contribution in [0, 0.1) is 0 Å². The molecule has 0 aliphatic heterocycles. The molecule has 6 nitrogen and oxygen atoms in total. The van der Waals surface area contributed by atoms with Crippen LogP contribution in [0.1, 0.15) is 48.2 Å². The van der Waals surface area contributed by atoms with E-state index in [-0.39, 0.29) is 12.0 Å². The van der Waals surface area contributed by atoms with Gasteiger partial charge in [0.2, 0.25) is 0 Å². The smallest absolute Gasteiger partial charge is 0.269 e. The number of ether oxygens (including phenoxy) is 1. The summed E-state index contributed by atoms with van der Waals surface area (Å²) < 4.78 is 8.60. The summed E-state index contributed by atoms with van der Waals surface area (Å²) in [5.74, 6) is 0.657. The summed E-state index contributed by atoms with van der Waals surface area (Å²) in [5, 5.41) is 4.99. The third-order valence-electron chi connectivity index (χ3n) is 7.58. The van der Waals surface area contributed by atoms with E-state index in [1.165, 1.54) is 24.8 Å². The lowest BCUT2D eigenvalue weighted by atomic mass is 9.98. The van der Waals surface area contributed by atoms with Crippen LogP contribution in [0.25, 0.3) is 33.1 Å². The highest BCUT2D eigenvalue weighted by Crippen LogP contribution is 2.37. The monoisotopic (exact) mass is 518 g/mol. The van der Waals surface area contributed by atoms with Gasteiger partial charge in [0.1, 0.15) is 11.4 Å². The Morgan fingerprint density at radius 1 is 0.923 bits per heavy atom. The van der Waals surface area contributed by atoms with Gasteiger partial charge in [0.25, 0.3) is 5.91 Å². The molecule has 0 saturated heterocycles. The lowest BCUT2D eigenvalue weighted by Gasteiger charge is -2.23. The molecule has 0 atom stereocenters. The molecule has 1 amide bonds. The van der Waals surface area contributed by atoms with Crippen molar-refractivity contribution in [2.75, 3.05) is 13.1 Å². The van der Waals surface area contributed by atoms with Crippen LogP contribution in [0.4, 0.5) is 0 Å². The number of nitrogens with zero attached hydrogens (tertiary/aromatic N) is 2. The Morgan fingerprint density at radius 3 is 2.44 bits per heavy atom. The number of nitrogens with two attached hydrogens (primary N) is 1. The summed E-state index contributed by atoms with van der Waals surface area (Å²) in [6, 6.07) is 28.9. The Kier molecular flexibility index (Phi) is 7.28. The van der Waals surface area contributed by atoms with Crippen molar-refractivity contribution in [1.82, 2.24) is 14.9 Å². The minimum Gasteiger partial charge on any atom is -0.490 e. The minimum absolute atomic E-state index is 0.222. The molecule has 0 bridgehead atoms. The Balaban J connectivity index is 1.50. The van der Waals surface area contributed by atoms with E-state index in [1.54, 1.807) is 0 Å². The molecule has 6 heteroatoms. The first-order valence-electron chi connectivity index (χ1n) is 13.9. The zero-order valence-electron chi connectivity index (χ0n) is 22.1. The highest BCUT2D eigenvalue weighted by atomic mass is 16.5. The van der Waals surface area contributed by atoms with Crippen molar-refractivity contribution >= 4 is 27.7 Å². The fourth-order valence-corrected chi connectivity index (χ4v) is 5.66. The van der Waals surface area contributed by atoms with Crippen LogP contribution < -0.4 is 15.8 Å².